The van der Waals surface area contributed by atoms with Crippen LogP contribution in [0.3, 0.4) is 0 Å². The SMILES string of the molecule is COC1/C=C\C=C(/C)C(=O)NC2=CC(=O)C(NCCOC(=O)COCC(=O)OCCNC3=C4CC(C)CC(OC)C(O)C(C)/C=C(\C)C(OC(N)=O)C(OC)/C=C\C=C(/C)C(=O)NC(=CC3=O)C4=O)=C(CC(C)CC(OC)C(O)C(C)/C=C(\C)C1OC(N)=O)C2=O. The van der Waals surface area contributed by atoms with Crippen LogP contribution in [0.4, 0.5) is 9.59 Å². The molecule has 2 aliphatic carbocycles. The highest BCUT2D eigenvalue weighted by molar-refractivity contribution is 6.24. The molecule has 27 heteroatoms. The largest absolute Gasteiger partial charge is 0.462 e. The molecule has 12 atom stereocenters. The quantitative estimate of drug-likeness (QED) is 0.0321. The molecule has 4 rings (SSSR count). The molecule has 10 N–H and O–H groups in total. The van der Waals surface area contributed by atoms with E-state index in [1.165, 1.54) is 78.7 Å². The lowest BCUT2D eigenvalue weighted by molar-refractivity contribution is -0.155. The number of methoxy groups -OCH3 is 4. The minimum Gasteiger partial charge on any atom is -0.462 e. The van der Waals surface area contributed by atoms with Crippen molar-refractivity contribution in [2.45, 2.75) is 130 Å². The summed E-state index contributed by atoms with van der Waals surface area (Å²) in [5.41, 5.74) is 11.3. The van der Waals surface area contributed by atoms with Gasteiger partial charge in [-0.1, -0.05) is 76.3 Å². The maximum absolute atomic E-state index is 14.1. The second-order valence-electron chi connectivity index (χ2n) is 22.6. The van der Waals surface area contributed by atoms with Crippen molar-refractivity contribution in [1.82, 2.24) is 21.3 Å². The smallest absolute Gasteiger partial charge is 0.405 e. The molecule has 0 aromatic heterocycles. The summed E-state index contributed by atoms with van der Waals surface area (Å²) in [7, 11) is 5.61. The number of hydrogen-bond acceptors (Lipinski definition) is 23. The number of aliphatic hydroxyl groups is 2. The Labute approximate surface area is 529 Å². The minimum absolute atomic E-state index is 0.0109. The fourth-order valence-electron chi connectivity index (χ4n) is 10.5. The molecule has 0 aromatic carbocycles. The zero-order valence-corrected chi connectivity index (χ0v) is 53.6. The molecular formula is C64H88N6O21. The average molecular weight is 1280 g/mol. The molecular weight excluding hydrogens is 1190 g/mol. The number of nitrogens with two attached hydrogens (primary N) is 2. The third-order valence-corrected chi connectivity index (χ3v) is 15.4. The number of aliphatic hydroxyl groups excluding tert-OH is 2. The van der Waals surface area contributed by atoms with Gasteiger partial charge in [0.15, 0.2) is 12.2 Å². The molecule has 12 unspecified atom stereocenters. The Bertz CT molecular complexity index is 2840. The van der Waals surface area contributed by atoms with Crippen LogP contribution >= 0.6 is 0 Å². The van der Waals surface area contributed by atoms with E-state index in [0.717, 1.165) is 12.2 Å². The van der Waals surface area contributed by atoms with Crippen LogP contribution in [0, 0.1) is 23.7 Å². The average Bonchev–Trinajstić information content (AvgIpc) is 1.04. The van der Waals surface area contributed by atoms with Gasteiger partial charge in [0, 0.05) is 87.8 Å². The third kappa shape index (κ3) is 22.6. The Kier molecular flexibility index (Phi) is 30.3. The van der Waals surface area contributed by atoms with Crippen LogP contribution in [0.25, 0.3) is 0 Å². The summed E-state index contributed by atoms with van der Waals surface area (Å²) >= 11 is 0. The molecule has 0 saturated carbocycles. The van der Waals surface area contributed by atoms with Gasteiger partial charge < -0.3 is 85.6 Å². The normalized spacial score (nSPS) is 30.2. The molecule has 0 radical (unpaired) electrons. The Balaban J connectivity index is 1.40. The van der Waals surface area contributed by atoms with Crippen molar-refractivity contribution in [3.8, 4) is 0 Å². The molecule has 0 fully saturated rings. The van der Waals surface area contributed by atoms with Crippen molar-refractivity contribution in [3.05, 3.63) is 117 Å². The van der Waals surface area contributed by atoms with Crippen molar-refractivity contribution < 1.29 is 101 Å². The van der Waals surface area contributed by atoms with Crippen LogP contribution in [0.1, 0.15) is 81.1 Å². The van der Waals surface area contributed by atoms with Gasteiger partial charge >= 0.3 is 24.1 Å². The van der Waals surface area contributed by atoms with E-state index < -0.39 is 145 Å². The number of fused-ring (bicyclic) bond motifs is 4. The van der Waals surface area contributed by atoms with E-state index in [-0.39, 0.29) is 97.1 Å². The highest BCUT2D eigenvalue weighted by Crippen LogP contribution is 2.31. The number of amides is 4. The first-order valence-corrected chi connectivity index (χ1v) is 29.6. The van der Waals surface area contributed by atoms with Crippen LogP contribution < -0.4 is 32.7 Å². The first-order chi connectivity index (χ1) is 43.0. The van der Waals surface area contributed by atoms with Crippen molar-refractivity contribution in [2.75, 3.05) is 68.0 Å². The highest BCUT2D eigenvalue weighted by atomic mass is 16.6. The fraction of sp³-hybridized carbons (Fsp3) is 0.531. The summed E-state index contributed by atoms with van der Waals surface area (Å²) in [6.45, 7) is 11.0. The van der Waals surface area contributed by atoms with E-state index >= 15 is 0 Å². The van der Waals surface area contributed by atoms with E-state index in [9.17, 15) is 58.2 Å². The summed E-state index contributed by atoms with van der Waals surface area (Å²) in [6.07, 6.45) is 4.86. The van der Waals surface area contributed by atoms with Gasteiger partial charge in [-0.2, -0.15) is 0 Å². The van der Waals surface area contributed by atoms with Crippen LogP contribution in [0.5, 0.6) is 0 Å². The maximum atomic E-state index is 14.1. The zero-order valence-electron chi connectivity index (χ0n) is 53.6. The van der Waals surface area contributed by atoms with E-state index in [4.69, 9.17) is 54.1 Å². The molecule has 500 valence electrons. The number of ketones is 4. The molecule has 4 bridgehead atoms. The first-order valence-electron chi connectivity index (χ1n) is 29.6. The maximum Gasteiger partial charge on any atom is 0.405 e. The van der Waals surface area contributed by atoms with Gasteiger partial charge in [0.2, 0.25) is 23.1 Å². The standard InChI is InChI=1S/C64H88N6O21/c1-33-23-41-53(45(71)29-43(57(41)77)69-61(79)35(3)15-13-17-47(83-9)59(90-63(65)81)39(7)27-37(5)55(75)49(25-33)85-11)67-19-21-88-51(73)31-87-32-52(74)89-22-20-68-54-42-24-34(2)26-50(86-12)56(76)38(6)28-40(8)60(91-64(66)82)48(84-10)18-14-16-36(4)62(80)70-44(58(42)78)30-46(54)72/h13-18,27-30,33-34,37-38,47-50,55-56,59-60,67-68,75-76H,19-26,31-32H2,1-12H3,(H2,65,81)(H2,66,82)(H,69,79)(H,70,80)/b17-13-,18-14-,35-15+,36-16+,39-27+,40-28+. The lowest BCUT2D eigenvalue weighted by Gasteiger charge is -2.30. The summed E-state index contributed by atoms with van der Waals surface area (Å²) in [5.74, 6) is -7.83. The van der Waals surface area contributed by atoms with E-state index in [1.54, 1.807) is 53.7 Å². The molecule has 0 spiro atoms. The summed E-state index contributed by atoms with van der Waals surface area (Å²) in [4.78, 5) is 132. The second kappa shape index (κ2) is 36.6. The highest BCUT2D eigenvalue weighted by Gasteiger charge is 2.36. The minimum atomic E-state index is -1.11. The number of rotatable bonds is 18. The van der Waals surface area contributed by atoms with E-state index in [2.05, 4.69) is 21.3 Å². The van der Waals surface area contributed by atoms with Crippen LogP contribution in [-0.2, 0) is 81.0 Å². The number of allylic oxidation sites excluding steroid dienone is 8. The van der Waals surface area contributed by atoms with E-state index in [1.807, 2.05) is 0 Å². The number of carbonyl (C=O) groups excluding carboxylic acids is 10. The number of hydrogen-bond donors (Lipinski definition) is 8. The van der Waals surface area contributed by atoms with Gasteiger partial charge in [0.05, 0.1) is 47.2 Å². The number of ether oxygens (including phenoxy) is 9. The Hall–Kier alpha value is -8.18. The summed E-state index contributed by atoms with van der Waals surface area (Å²) < 4.78 is 49.2. The predicted octanol–water partition coefficient (Wildman–Crippen LogP) is 2.82. The predicted molar refractivity (Wildman–Crippen MR) is 328 cm³/mol. The van der Waals surface area contributed by atoms with Crippen molar-refractivity contribution in [3.63, 3.8) is 0 Å². The monoisotopic (exact) mass is 1280 g/mol. The lowest BCUT2D eigenvalue weighted by Crippen LogP contribution is -2.38. The van der Waals surface area contributed by atoms with Crippen LogP contribution in [0.15, 0.2) is 117 Å². The molecule has 27 nitrogen and oxygen atoms in total. The topological polar surface area (TPSA) is 394 Å². The van der Waals surface area contributed by atoms with E-state index in [0.29, 0.717) is 11.1 Å². The van der Waals surface area contributed by atoms with Crippen molar-refractivity contribution in [1.29, 1.82) is 0 Å². The molecule has 2 heterocycles. The zero-order chi connectivity index (χ0) is 67.8. The first kappa shape index (κ1) is 75.3. The van der Waals surface area contributed by atoms with Gasteiger partial charge in [-0.05, 0) is 76.4 Å². The second-order valence-corrected chi connectivity index (χ2v) is 22.6. The molecule has 2 aliphatic heterocycles. The van der Waals surface area contributed by atoms with Gasteiger partial charge in [0.1, 0.15) is 38.6 Å². The Morgan fingerprint density at radius 3 is 1.26 bits per heavy atom. The Morgan fingerprint density at radius 2 is 0.934 bits per heavy atom. The molecule has 4 aliphatic rings. The summed E-state index contributed by atoms with van der Waals surface area (Å²) in [5, 5.41) is 33.9. The number of esters is 2. The van der Waals surface area contributed by atoms with Crippen molar-refractivity contribution >= 4 is 59.1 Å². The number of primary amides is 2. The lowest BCUT2D eigenvalue weighted by atomic mass is 9.85. The molecule has 0 aromatic rings. The summed E-state index contributed by atoms with van der Waals surface area (Å²) in [6, 6.07) is 0. The van der Waals surface area contributed by atoms with Gasteiger partial charge in [-0.25, -0.2) is 19.2 Å². The van der Waals surface area contributed by atoms with Crippen LogP contribution in [0.2, 0.25) is 0 Å². The fourth-order valence-corrected chi connectivity index (χ4v) is 10.5. The number of carbonyl (C=O) groups is 10. The third-order valence-electron chi connectivity index (χ3n) is 15.4. The van der Waals surface area contributed by atoms with Crippen LogP contribution in [-0.4, -0.2) is 186 Å². The Morgan fingerprint density at radius 1 is 0.571 bits per heavy atom. The van der Waals surface area contributed by atoms with Gasteiger partial charge in [0.25, 0.3) is 11.8 Å². The molecule has 91 heavy (non-hydrogen) atoms. The van der Waals surface area contributed by atoms with Crippen molar-refractivity contribution in [2.24, 2.45) is 35.1 Å². The molecule has 0 saturated heterocycles. The molecule has 4 amide bonds. The number of nitrogens with one attached hydrogen (secondary N) is 4. The number of Topliss-reactive ketones (excluding diaryl/α,β-unsaturated/α-hetero) is 2. The van der Waals surface area contributed by atoms with Gasteiger partial charge in [-0.3, -0.25) is 28.8 Å². The van der Waals surface area contributed by atoms with Gasteiger partial charge in [-0.15, -0.1) is 0 Å².